The van der Waals surface area contributed by atoms with Crippen molar-refractivity contribution in [3.63, 3.8) is 0 Å². The number of aliphatic hydroxyl groups is 1. The Labute approximate surface area is 165 Å². The number of aliphatic hydroxyl groups excluding tert-OH is 1. The summed E-state index contributed by atoms with van der Waals surface area (Å²) < 4.78 is 1.91. The highest BCUT2D eigenvalue weighted by Gasteiger charge is 2.21. The van der Waals surface area contributed by atoms with Crippen LogP contribution in [0.15, 0.2) is 48.8 Å². The Balaban J connectivity index is 2.04. The first-order valence-electron chi connectivity index (χ1n) is 8.26. The molecule has 0 atom stereocenters. The van der Waals surface area contributed by atoms with Gasteiger partial charge in [0, 0.05) is 40.5 Å². The molecule has 7 heteroatoms. The first-order chi connectivity index (χ1) is 13.1. The van der Waals surface area contributed by atoms with E-state index < -0.39 is 0 Å². The van der Waals surface area contributed by atoms with E-state index in [-0.39, 0.29) is 6.61 Å². The molecule has 0 unspecified atom stereocenters. The van der Waals surface area contributed by atoms with Crippen molar-refractivity contribution < 1.29 is 5.11 Å². The number of nitrogens with zero attached hydrogens (tertiary/aromatic N) is 3. The summed E-state index contributed by atoms with van der Waals surface area (Å²) in [6.45, 7) is 0.242. The number of aromatic nitrogens is 3. The number of hydrogen-bond acceptors (Lipinski definition) is 3. The molecule has 0 amide bonds. The Hall–Kier alpha value is -2.78. The zero-order valence-corrected chi connectivity index (χ0v) is 15.6. The average Bonchev–Trinajstić information content (AvgIpc) is 3.27. The third-order valence-electron chi connectivity index (χ3n) is 4.46. The maximum atomic E-state index is 9.74. The van der Waals surface area contributed by atoms with Gasteiger partial charge in [0.2, 0.25) is 0 Å². The van der Waals surface area contributed by atoms with E-state index >= 15 is 0 Å². The summed E-state index contributed by atoms with van der Waals surface area (Å²) in [6.07, 6.45) is 3.54. The number of halogens is 2. The molecule has 3 heterocycles. The molecule has 0 saturated carbocycles. The van der Waals surface area contributed by atoms with Crippen LogP contribution in [0.25, 0.3) is 33.5 Å². The molecular weight excluding hydrogens is 383 g/mol. The Bertz CT molecular complexity index is 1190. The van der Waals surface area contributed by atoms with Crippen LogP contribution in [0.3, 0.4) is 0 Å². The van der Waals surface area contributed by atoms with Gasteiger partial charge in [-0.1, -0.05) is 23.2 Å². The first-order valence-corrected chi connectivity index (χ1v) is 9.02. The summed E-state index contributed by atoms with van der Waals surface area (Å²) in [5.74, 6) is 0. The van der Waals surface area contributed by atoms with Gasteiger partial charge in [-0.3, -0.25) is 0 Å². The Morgan fingerprint density at radius 1 is 1.15 bits per heavy atom. The number of benzene rings is 1. The second-order valence-electron chi connectivity index (χ2n) is 6.00. The minimum atomic E-state index is -0.0773. The van der Waals surface area contributed by atoms with Crippen LogP contribution >= 0.6 is 23.2 Å². The fourth-order valence-corrected chi connectivity index (χ4v) is 3.84. The van der Waals surface area contributed by atoms with E-state index in [2.05, 4.69) is 16.0 Å². The van der Waals surface area contributed by atoms with Crippen LogP contribution in [-0.4, -0.2) is 26.2 Å². The molecule has 2 N–H and O–H groups in total. The molecule has 0 radical (unpaired) electrons. The van der Waals surface area contributed by atoms with Crippen LogP contribution in [-0.2, 0) is 6.54 Å². The number of aromatic amines is 1. The van der Waals surface area contributed by atoms with E-state index in [0.29, 0.717) is 33.4 Å². The van der Waals surface area contributed by atoms with Crippen LogP contribution in [0.4, 0.5) is 0 Å². The summed E-state index contributed by atoms with van der Waals surface area (Å²) >= 11 is 12.4. The van der Waals surface area contributed by atoms with Gasteiger partial charge in [-0.2, -0.15) is 5.26 Å². The fourth-order valence-electron chi connectivity index (χ4n) is 3.35. The van der Waals surface area contributed by atoms with Gasteiger partial charge in [-0.25, -0.2) is 4.98 Å². The number of hydrogen-bond donors (Lipinski definition) is 2. The number of nitriles is 1. The number of nitrogens with one attached hydrogen (secondary N) is 1. The summed E-state index contributed by atoms with van der Waals surface area (Å²) in [5, 5.41) is 21.3. The van der Waals surface area contributed by atoms with Crippen LogP contribution in [0.1, 0.15) is 5.56 Å². The second kappa shape index (κ2) is 7.09. The molecule has 4 rings (SSSR count). The van der Waals surface area contributed by atoms with Crippen molar-refractivity contribution >= 4 is 34.2 Å². The van der Waals surface area contributed by atoms with Gasteiger partial charge in [0.15, 0.2) is 0 Å². The molecule has 134 valence electrons. The largest absolute Gasteiger partial charge is 0.395 e. The molecule has 0 aliphatic rings. The van der Waals surface area contributed by atoms with Crippen molar-refractivity contribution in [3.05, 3.63) is 64.4 Å². The molecule has 0 saturated heterocycles. The molecule has 27 heavy (non-hydrogen) atoms. The lowest BCUT2D eigenvalue weighted by atomic mass is 10.1. The number of pyridine rings is 1. The third-order valence-corrected chi connectivity index (χ3v) is 5.01. The van der Waals surface area contributed by atoms with Crippen LogP contribution < -0.4 is 0 Å². The minimum absolute atomic E-state index is 0.0773. The second-order valence-corrected chi connectivity index (χ2v) is 6.85. The molecular formula is C20H14Cl2N4O. The highest BCUT2D eigenvalue weighted by molar-refractivity contribution is 6.36. The number of fused-ring (bicyclic) bond motifs is 1. The Morgan fingerprint density at radius 2 is 2.00 bits per heavy atom. The minimum Gasteiger partial charge on any atom is -0.395 e. The van der Waals surface area contributed by atoms with Crippen molar-refractivity contribution in [1.82, 2.24) is 14.5 Å². The standard InChI is InChI=1S/C20H14Cl2N4O/c21-13-1-2-16(17(22)10-13)19-12(11-23)9-18(26(19)7-8-27)14-3-5-24-20-15(14)4-6-25-20/h1-6,9-10,27H,7-8H2,(H,24,25). The summed E-state index contributed by atoms with van der Waals surface area (Å²) in [6, 6.07) is 13.1. The zero-order valence-electron chi connectivity index (χ0n) is 14.1. The molecule has 4 aromatic rings. The Kier molecular flexibility index (Phi) is 4.63. The van der Waals surface area contributed by atoms with E-state index in [9.17, 15) is 10.4 Å². The lowest BCUT2D eigenvalue weighted by Crippen LogP contribution is -2.06. The molecule has 1 aromatic carbocycles. The molecule has 0 spiro atoms. The van der Waals surface area contributed by atoms with Gasteiger partial charge in [0.1, 0.15) is 11.7 Å². The average molecular weight is 397 g/mol. The van der Waals surface area contributed by atoms with Gasteiger partial charge >= 0.3 is 0 Å². The zero-order chi connectivity index (χ0) is 19.0. The van der Waals surface area contributed by atoms with Gasteiger partial charge < -0.3 is 14.7 Å². The van der Waals surface area contributed by atoms with Crippen molar-refractivity contribution in [2.75, 3.05) is 6.61 Å². The molecule has 3 aromatic heterocycles. The van der Waals surface area contributed by atoms with E-state index in [1.165, 1.54) is 0 Å². The van der Waals surface area contributed by atoms with Gasteiger partial charge in [0.25, 0.3) is 0 Å². The molecule has 0 bridgehead atoms. The van der Waals surface area contributed by atoms with Gasteiger partial charge in [0.05, 0.1) is 28.6 Å². The summed E-state index contributed by atoms with van der Waals surface area (Å²) in [7, 11) is 0. The third kappa shape index (κ3) is 2.98. The predicted octanol–water partition coefficient (Wildman–Crippen LogP) is 4.87. The van der Waals surface area contributed by atoms with Crippen LogP contribution in [0.2, 0.25) is 10.0 Å². The molecule has 0 fully saturated rings. The summed E-state index contributed by atoms with van der Waals surface area (Å²) in [4.78, 5) is 7.41. The summed E-state index contributed by atoms with van der Waals surface area (Å²) in [5.41, 5.74) is 4.31. The lowest BCUT2D eigenvalue weighted by molar-refractivity contribution is 0.277. The predicted molar refractivity (Wildman–Crippen MR) is 107 cm³/mol. The highest BCUT2D eigenvalue weighted by atomic mass is 35.5. The van der Waals surface area contributed by atoms with Gasteiger partial charge in [-0.15, -0.1) is 0 Å². The van der Waals surface area contributed by atoms with Gasteiger partial charge in [-0.05, 0) is 36.4 Å². The molecule has 5 nitrogen and oxygen atoms in total. The van der Waals surface area contributed by atoms with Crippen molar-refractivity contribution in [3.8, 4) is 28.6 Å². The fraction of sp³-hybridized carbons (Fsp3) is 0.100. The van der Waals surface area contributed by atoms with E-state index in [0.717, 1.165) is 22.3 Å². The van der Waals surface area contributed by atoms with E-state index in [4.69, 9.17) is 23.2 Å². The lowest BCUT2D eigenvalue weighted by Gasteiger charge is -2.14. The highest BCUT2D eigenvalue weighted by Crippen LogP contribution is 2.38. The first kappa shape index (κ1) is 17.6. The van der Waals surface area contributed by atoms with Crippen molar-refractivity contribution in [2.24, 2.45) is 0 Å². The maximum absolute atomic E-state index is 9.74. The maximum Gasteiger partial charge on any atom is 0.137 e. The SMILES string of the molecule is N#Cc1cc(-c2ccnc3[nH]ccc23)n(CCO)c1-c1ccc(Cl)cc1Cl. The number of rotatable bonds is 4. The normalized spacial score (nSPS) is 11.0. The van der Waals surface area contributed by atoms with E-state index in [1.807, 2.05) is 29.0 Å². The van der Waals surface area contributed by atoms with Crippen LogP contribution in [0, 0.1) is 11.3 Å². The molecule has 0 aliphatic heterocycles. The van der Waals surface area contributed by atoms with E-state index in [1.54, 1.807) is 24.4 Å². The molecule has 0 aliphatic carbocycles. The van der Waals surface area contributed by atoms with Crippen molar-refractivity contribution in [1.29, 1.82) is 5.26 Å². The Morgan fingerprint density at radius 3 is 2.74 bits per heavy atom. The monoisotopic (exact) mass is 396 g/mol. The van der Waals surface area contributed by atoms with Crippen molar-refractivity contribution in [2.45, 2.75) is 6.54 Å². The quantitative estimate of drug-likeness (QED) is 0.516. The smallest absolute Gasteiger partial charge is 0.137 e. The topological polar surface area (TPSA) is 77.6 Å². The number of H-pyrrole nitrogens is 1. The van der Waals surface area contributed by atoms with Crippen LogP contribution in [0.5, 0.6) is 0 Å².